The zero-order chi connectivity index (χ0) is 19.0. The molecule has 5 heteroatoms. The third-order valence-electron chi connectivity index (χ3n) is 5.06. The zero-order valence-corrected chi connectivity index (χ0v) is 16.0. The van der Waals surface area contributed by atoms with E-state index >= 15 is 0 Å². The number of carbonyl (C=O) groups excluding carboxylic acids is 1. The van der Waals surface area contributed by atoms with Crippen LogP contribution in [0.4, 0.5) is 5.69 Å². The molecular formula is C22H24N2O3. The number of para-hydroxylation sites is 2. The van der Waals surface area contributed by atoms with Crippen LogP contribution in [0.5, 0.6) is 5.75 Å². The summed E-state index contributed by atoms with van der Waals surface area (Å²) in [4.78, 5) is 18.7. The third-order valence-corrected chi connectivity index (χ3v) is 5.06. The monoisotopic (exact) mass is 364 g/mol. The molecule has 2 heterocycles. The van der Waals surface area contributed by atoms with E-state index in [1.165, 1.54) is 0 Å². The lowest BCUT2D eigenvalue weighted by molar-refractivity contribution is -0.117. The summed E-state index contributed by atoms with van der Waals surface area (Å²) < 4.78 is 12.1. The second-order valence-corrected chi connectivity index (χ2v) is 7.05. The van der Waals surface area contributed by atoms with Crippen LogP contribution in [-0.2, 0) is 11.2 Å². The van der Waals surface area contributed by atoms with Gasteiger partial charge >= 0.3 is 0 Å². The molecule has 4 rings (SSSR count). The van der Waals surface area contributed by atoms with Gasteiger partial charge in [-0.05, 0) is 50.5 Å². The number of aromatic nitrogens is 1. The number of hydrogen-bond acceptors (Lipinski definition) is 4. The van der Waals surface area contributed by atoms with Gasteiger partial charge in [-0.15, -0.1) is 0 Å². The van der Waals surface area contributed by atoms with Gasteiger partial charge in [-0.1, -0.05) is 19.1 Å². The topological polar surface area (TPSA) is 55.6 Å². The lowest BCUT2D eigenvalue weighted by Crippen LogP contribution is -2.40. The van der Waals surface area contributed by atoms with Crippen molar-refractivity contribution in [3.63, 3.8) is 0 Å². The number of carbonyl (C=O) groups is 1. The molecule has 0 saturated carbocycles. The minimum atomic E-state index is 0.0551. The molecule has 1 unspecified atom stereocenters. The number of fused-ring (bicyclic) bond motifs is 2. The molecule has 2 aromatic carbocycles. The summed E-state index contributed by atoms with van der Waals surface area (Å²) in [6.07, 6.45) is 2.68. The van der Waals surface area contributed by atoms with Crippen molar-refractivity contribution in [3.8, 4) is 17.2 Å². The van der Waals surface area contributed by atoms with Gasteiger partial charge < -0.3 is 14.1 Å². The predicted molar refractivity (Wildman–Crippen MR) is 106 cm³/mol. The fourth-order valence-corrected chi connectivity index (χ4v) is 3.81. The Morgan fingerprint density at radius 1 is 1.30 bits per heavy atom. The molecule has 1 aliphatic heterocycles. The highest BCUT2D eigenvalue weighted by Crippen LogP contribution is 2.43. The molecule has 0 fully saturated rings. The Morgan fingerprint density at radius 3 is 2.85 bits per heavy atom. The van der Waals surface area contributed by atoms with Crippen LogP contribution in [0.3, 0.4) is 0 Å². The second kappa shape index (κ2) is 7.06. The summed E-state index contributed by atoms with van der Waals surface area (Å²) in [6.45, 7) is 6.40. The summed E-state index contributed by atoms with van der Waals surface area (Å²) in [7, 11) is 0. The van der Waals surface area contributed by atoms with Crippen molar-refractivity contribution in [1.29, 1.82) is 0 Å². The van der Waals surface area contributed by atoms with E-state index in [1.807, 2.05) is 41.3 Å². The van der Waals surface area contributed by atoms with E-state index in [4.69, 9.17) is 9.15 Å². The minimum Gasteiger partial charge on any atom is -0.492 e. The summed E-state index contributed by atoms with van der Waals surface area (Å²) >= 11 is 0. The van der Waals surface area contributed by atoms with Gasteiger partial charge in [-0.25, -0.2) is 4.98 Å². The van der Waals surface area contributed by atoms with Crippen molar-refractivity contribution in [2.24, 2.45) is 0 Å². The maximum Gasteiger partial charge on any atom is 0.231 e. The first-order valence-electron chi connectivity index (χ1n) is 9.54. The number of benzene rings is 2. The van der Waals surface area contributed by atoms with Gasteiger partial charge in [0, 0.05) is 18.5 Å². The maximum atomic E-state index is 12.2. The van der Waals surface area contributed by atoms with E-state index in [0.29, 0.717) is 12.5 Å². The lowest BCUT2D eigenvalue weighted by atomic mass is 9.93. The molecule has 0 radical (unpaired) electrons. The van der Waals surface area contributed by atoms with Crippen molar-refractivity contribution < 1.29 is 13.9 Å². The van der Waals surface area contributed by atoms with Crippen LogP contribution >= 0.6 is 0 Å². The van der Waals surface area contributed by atoms with Crippen LogP contribution in [0.1, 0.15) is 39.2 Å². The fourth-order valence-electron chi connectivity index (χ4n) is 3.81. The van der Waals surface area contributed by atoms with Gasteiger partial charge in [0.1, 0.15) is 11.3 Å². The highest BCUT2D eigenvalue weighted by Gasteiger charge is 2.30. The summed E-state index contributed by atoms with van der Waals surface area (Å²) in [5.74, 6) is 1.40. The van der Waals surface area contributed by atoms with Crippen LogP contribution in [-0.4, -0.2) is 23.5 Å². The molecular weight excluding hydrogens is 340 g/mol. The summed E-state index contributed by atoms with van der Waals surface area (Å²) in [6, 6.07) is 11.9. The molecule has 1 amide bonds. The van der Waals surface area contributed by atoms with Crippen LogP contribution in [0.2, 0.25) is 0 Å². The standard InChI is InChI=1S/C22H24N2O3/c1-4-13-26-21-16-10-9-14(2)24(15(3)25)19(16)12-11-17(21)22-23-18-7-5-6-8-20(18)27-22/h5-8,11-12,14H,4,9-10,13H2,1-3H3. The number of ether oxygens (including phenoxy) is 1. The van der Waals surface area contributed by atoms with Crippen LogP contribution in [0.15, 0.2) is 40.8 Å². The first-order valence-corrected chi connectivity index (χ1v) is 9.54. The molecule has 1 aromatic heterocycles. The van der Waals surface area contributed by atoms with Gasteiger partial charge in [0.25, 0.3) is 0 Å². The molecule has 0 aliphatic carbocycles. The van der Waals surface area contributed by atoms with Crippen molar-refractivity contribution in [3.05, 3.63) is 42.0 Å². The lowest BCUT2D eigenvalue weighted by Gasteiger charge is -2.35. The van der Waals surface area contributed by atoms with Crippen molar-refractivity contribution in [2.75, 3.05) is 11.5 Å². The molecule has 3 aromatic rings. The highest BCUT2D eigenvalue weighted by molar-refractivity contribution is 5.95. The van der Waals surface area contributed by atoms with Gasteiger partial charge in [-0.3, -0.25) is 4.79 Å². The quantitative estimate of drug-likeness (QED) is 0.656. The number of anilines is 1. The van der Waals surface area contributed by atoms with E-state index < -0.39 is 0 Å². The number of oxazole rings is 1. The van der Waals surface area contributed by atoms with Crippen molar-refractivity contribution in [1.82, 2.24) is 4.98 Å². The van der Waals surface area contributed by atoms with Crippen LogP contribution < -0.4 is 9.64 Å². The second-order valence-electron chi connectivity index (χ2n) is 7.05. The van der Waals surface area contributed by atoms with E-state index in [1.54, 1.807) is 6.92 Å². The van der Waals surface area contributed by atoms with E-state index in [2.05, 4.69) is 18.8 Å². The number of hydrogen-bond donors (Lipinski definition) is 0. The molecule has 0 N–H and O–H groups in total. The highest BCUT2D eigenvalue weighted by atomic mass is 16.5. The Morgan fingerprint density at radius 2 is 2.11 bits per heavy atom. The van der Waals surface area contributed by atoms with Crippen molar-refractivity contribution >= 4 is 22.7 Å². The number of nitrogens with zero attached hydrogens (tertiary/aromatic N) is 2. The average molecular weight is 364 g/mol. The smallest absolute Gasteiger partial charge is 0.231 e. The molecule has 5 nitrogen and oxygen atoms in total. The van der Waals surface area contributed by atoms with Gasteiger partial charge in [0.15, 0.2) is 5.58 Å². The van der Waals surface area contributed by atoms with E-state index in [0.717, 1.165) is 52.9 Å². The van der Waals surface area contributed by atoms with Gasteiger partial charge in [-0.2, -0.15) is 0 Å². The van der Waals surface area contributed by atoms with Gasteiger partial charge in [0.05, 0.1) is 17.9 Å². The van der Waals surface area contributed by atoms with Crippen molar-refractivity contribution in [2.45, 2.75) is 46.1 Å². The first kappa shape index (κ1) is 17.6. The summed E-state index contributed by atoms with van der Waals surface area (Å²) in [5.41, 5.74) is 4.43. The van der Waals surface area contributed by atoms with E-state index in [9.17, 15) is 4.79 Å². The third kappa shape index (κ3) is 3.07. The SMILES string of the molecule is CCCOc1c(-c2nc3ccccc3o2)ccc2c1CCC(C)N2C(C)=O. The zero-order valence-electron chi connectivity index (χ0n) is 16.0. The Labute approximate surface area is 158 Å². The van der Waals surface area contributed by atoms with Crippen LogP contribution in [0, 0.1) is 0 Å². The number of rotatable bonds is 4. The Bertz CT molecular complexity index is 959. The molecule has 1 aliphatic rings. The molecule has 0 spiro atoms. The van der Waals surface area contributed by atoms with E-state index in [-0.39, 0.29) is 11.9 Å². The molecule has 140 valence electrons. The molecule has 0 bridgehead atoms. The van der Waals surface area contributed by atoms with Gasteiger partial charge in [0.2, 0.25) is 11.8 Å². The van der Waals surface area contributed by atoms with Crippen LogP contribution in [0.25, 0.3) is 22.6 Å². The fraction of sp³-hybridized carbons (Fsp3) is 0.364. The Kier molecular flexibility index (Phi) is 4.60. The minimum absolute atomic E-state index is 0.0551. The Hall–Kier alpha value is -2.82. The first-order chi connectivity index (χ1) is 13.1. The predicted octanol–water partition coefficient (Wildman–Crippen LogP) is 4.97. The Balaban J connectivity index is 1.88. The molecule has 27 heavy (non-hydrogen) atoms. The number of amides is 1. The largest absolute Gasteiger partial charge is 0.492 e. The maximum absolute atomic E-state index is 12.2. The average Bonchev–Trinajstić information content (AvgIpc) is 3.09. The normalized spacial score (nSPS) is 16.4. The summed E-state index contributed by atoms with van der Waals surface area (Å²) in [5, 5.41) is 0. The molecule has 1 atom stereocenters. The molecule has 0 saturated heterocycles.